The summed E-state index contributed by atoms with van der Waals surface area (Å²) in [5.41, 5.74) is -0.100. The average molecular weight is 262 g/mol. The minimum absolute atomic E-state index is 0.0659. The molecule has 0 amide bonds. The molecule has 0 aliphatic heterocycles. The fraction of sp³-hybridized carbons (Fsp3) is 0.0833. The van der Waals surface area contributed by atoms with Crippen LogP contribution in [0.2, 0.25) is 0 Å². The maximum absolute atomic E-state index is 10.6. The van der Waals surface area contributed by atoms with Crippen molar-refractivity contribution in [1.29, 1.82) is 0 Å². The zero-order valence-electron chi connectivity index (χ0n) is 9.68. The monoisotopic (exact) mass is 262 g/mol. The van der Waals surface area contributed by atoms with Gasteiger partial charge in [0.25, 0.3) is 5.69 Å². The van der Waals surface area contributed by atoms with E-state index in [2.05, 4.69) is 4.99 Å². The molecule has 0 radical (unpaired) electrons. The first-order valence-corrected chi connectivity index (χ1v) is 5.31. The van der Waals surface area contributed by atoms with E-state index in [9.17, 15) is 15.2 Å². The fourth-order valence-corrected chi connectivity index (χ4v) is 1.41. The molecule has 0 atom stereocenters. The first-order valence-electron chi connectivity index (χ1n) is 5.31. The lowest BCUT2D eigenvalue weighted by Crippen LogP contribution is -1.86. The van der Waals surface area contributed by atoms with Crippen LogP contribution >= 0.6 is 0 Å². The highest BCUT2D eigenvalue weighted by Gasteiger charge is 2.09. The molecule has 1 aromatic carbocycles. The summed E-state index contributed by atoms with van der Waals surface area (Å²) in [7, 11) is 0. The number of hydrogen-bond donors (Lipinski definition) is 2. The van der Waals surface area contributed by atoms with Crippen molar-refractivity contribution >= 4 is 17.6 Å². The van der Waals surface area contributed by atoms with E-state index in [1.807, 2.05) is 0 Å². The summed E-state index contributed by atoms with van der Waals surface area (Å²) in [4.78, 5) is 13.9. The number of aliphatic hydroxyl groups is 1. The summed E-state index contributed by atoms with van der Waals surface area (Å²) in [6, 6.07) is 6.71. The first-order chi connectivity index (χ1) is 9.10. The van der Waals surface area contributed by atoms with Gasteiger partial charge in [0.1, 0.15) is 29.6 Å². The second-order valence-corrected chi connectivity index (χ2v) is 3.65. The van der Waals surface area contributed by atoms with Crippen molar-refractivity contribution in [1.82, 2.24) is 0 Å². The molecule has 1 heterocycles. The van der Waals surface area contributed by atoms with E-state index in [1.165, 1.54) is 18.3 Å². The Labute approximate surface area is 107 Å². The van der Waals surface area contributed by atoms with Crippen LogP contribution in [0.4, 0.5) is 11.4 Å². The van der Waals surface area contributed by atoms with Crippen LogP contribution < -0.4 is 0 Å². The second kappa shape index (κ2) is 5.32. The fourth-order valence-electron chi connectivity index (χ4n) is 1.41. The van der Waals surface area contributed by atoms with Crippen molar-refractivity contribution in [2.24, 2.45) is 4.99 Å². The van der Waals surface area contributed by atoms with Crippen molar-refractivity contribution in [3.63, 3.8) is 0 Å². The third kappa shape index (κ3) is 2.96. The lowest BCUT2D eigenvalue weighted by Gasteiger charge is -1.97. The van der Waals surface area contributed by atoms with Crippen LogP contribution in [0.1, 0.15) is 11.5 Å². The van der Waals surface area contributed by atoms with Crippen LogP contribution in [-0.2, 0) is 6.61 Å². The Morgan fingerprint density at radius 1 is 1.37 bits per heavy atom. The number of phenols is 1. The molecule has 0 aliphatic carbocycles. The van der Waals surface area contributed by atoms with E-state index in [-0.39, 0.29) is 23.7 Å². The summed E-state index contributed by atoms with van der Waals surface area (Å²) in [5.74, 6) is 0.579. The van der Waals surface area contributed by atoms with E-state index >= 15 is 0 Å². The topological polar surface area (TPSA) is 109 Å². The smallest absolute Gasteiger partial charge is 0.271 e. The molecule has 2 rings (SSSR count). The quantitative estimate of drug-likeness (QED) is 0.498. The van der Waals surface area contributed by atoms with Gasteiger partial charge in [-0.15, -0.1) is 0 Å². The highest BCUT2D eigenvalue weighted by molar-refractivity contribution is 5.80. The number of nitro groups is 1. The number of aliphatic imine (C=N–C) groups is 1. The highest BCUT2D eigenvalue weighted by Crippen LogP contribution is 2.30. The van der Waals surface area contributed by atoms with E-state index in [0.29, 0.717) is 11.5 Å². The number of nitro benzene ring substituents is 1. The van der Waals surface area contributed by atoms with Gasteiger partial charge in [-0.25, -0.2) is 4.99 Å². The molecule has 7 nitrogen and oxygen atoms in total. The maximum Gasteiger partial charge on any atom is 0.271 e. The third-order valence-electron chi connectivity index (χ3n) is 2.34. The number of aromatic hydroxyl groups is 1. The number of nitrogens with zero attached hydrogens (tertiary/aromatic N) is 2. The Morgan fingerprint density at radius 3 is 2.79 bits per heavy atom. The minimum atomic E-state index is -0.574. The van der Waals surface area contributed by atoms with E-state index in [4.69, 9.17) is 9.52 Å². The van der Waals surface area contributed by atoms with Gasteiger partial charge < -0.3 is 14.6 Å². The van der Waals surface area contributed by atoms with E-state index in [1.54, 1.807) is 12.1 Å². The molecule has 0 unspecified atom stereocenters. The molecule has 0 saturated heterocycles. The standard InChI is InChI=1S/C12H10N2O5/c15-7-10-3-2-9(19-10)6-13-11-5-8(14(17)18)1-4-12(11)16/h1-6,15-16H,7H2. The zero-order valence-corrected chi connectivity index (χ0v) is 9.68. The summed E-state index contributed by atoms with van der Waals surface area (Å²) in [6.07, 6.45) is 1.30. The molecule has 98 valence electrons. The lowest BCUT2D eigenvalue weighted by atomic mass is 10.2. The van der Waals surface area contributed by atoms with Gasteiger partial charge in [0, 0.05) is 12.1 Å². The number of furan rings is 1. The predicted octanol–water partition coefficient (Wildman–Crippen LogP) is 2.14. The normalized spacial score (nSPS) is 11.0. The average Bonchev–Trinajstić information content (AvgIpc) is 2.85. The largest absolute Gasteiger partial charge is 0.506 e. The van der Waals surface area contributed by atoms with E-state index in [0.717, 1.165) is 6.07 Å². The zero-order chi connectivity index (χ0) is 13.8. The van der Waals surface area contributed by atoms with Gasteiger partial charge in [0.05, 0.1) is 11.1 Å². The van der Waals surface area contributed by atoms with Crippen molar-refractivity contribution in [3.8, 4) is 5.75 Å². The van der Waals surface area contributed by atoms with Gasteiger partial charge in [-0.2, -0.15) is 0 Å². The predicted molar refractivity (Wildman–Crippen MR) is 66.6 cm³/mol. The van der Waals surface area contributed by atoms with Gasteiger partial charge in [-0.3, -0.25) is 10.1 Å². The Balaban J connectivity index is 2.26. The van der Waals surface area contributed by atoms with Crippen LogP contribution in [0.15, 0.2) is 39.7 Å². The number of aliphatic hydroxyl groups excluding tert-OH is 1. The molecule has 1 aromatic heterocycles. The van der Waals surface area contributed by atoms with Gasteiger partial charge >= 0.3 is 0 Å². The molecular weight excluding hydrogens is 252 g/mol. The SMILES string of the molecule is O=[N+]([O-])c1ccc(O)c(N=Cc2ccc(CO)o2)c1. The van der Waals surface area contributed by atoms with Crippen LogP contribution in [0.25, 0.3) is 0 Å². The number of rotatable bonds is 4. The summed E-state index contributed by atoms with van der Waals surface area (Å²) < 4.78 is 5.16. The third-order valence-corrected chi connectivity index (χ3v) is 2.34. The number of benzene rings is 1. The Bertz CT molecular complexity index is 633. The van der Waals surface area contributed by atoms with Crippen molar-refractivity contribution < 1.29 is 19.6 Å². The van der Waals surface area contributed by atoms with Crippen LogP contribution in [0, 0.1) is 10.1 Å². The maximum atomic E-state index is 10.6. The molecule has 0 saturated carbocycles. The Hall–Kier alpha value is -2.67. The number of hydrogen-bond acceptors (Lipinski definition) is 6. The molecule has 0 spiro atoms. The van der Waals surface area contributed by atoms with Crippen molar-refractivity contribution in [2.75, 3.05) is 0 Å². The molecule has 0 bridgehead atoms. The molecule has 2 N–H and O–H groups in total. The van der Waals surface area contributed by atoms with Gasteiger partial charge in [-0.05, 0) is 18.2 Å². The number of non-ortho nitro benzene ring substituents is 1. The van der Waals surface area contributed by atoms with Crippen molar-refractivity contribution in [2.45, 2.75) is 6.61 Å². The summed E-state index contributed by atoms with van der Waals surface area (Å²) >= 11 is 0. The molecule has 2 aromatic rings. The summed E-state index contributed by atoms with van der Waals surface area (Å²) in [5, 5.41) is 29.0. The van der Waals surface area contributed by atoms with Crippen LogP contribution in [0.3, 0.4) is 0 Å². The molecule has 0 fully saturated rings. The molecule has 0 aliphatic rings. The lowest BCUT2D eigenvalue weighted by molar-refractivity contribution is -0.384. The summed E-state index contributed by atoms with van der Waals surface area (Å²) in [6.45, 7) is -0.226. The Morgan fingerprint density at radius 2 is 2.16 bits per heavy atom. The van der Waals surface area contributed by atoms with E-state index < -0.39 is 4.92 Å². The minimum Gasteiger partial charge on any atom is -0.506 e. The first kappa shape index (κ1) is 12.8. The molecular formula is C12H10N2O5. The van der Waals surface area contributed by atoms with Crippen molar-refractivity contribution in [3.05, 3.63) is 52.0 Å². The van der Waals surface area contributed by atoms with Gasteiger partial charge in [-0.1, -0.05) is 0 Å². The van der Waals surface area contributed by atoms with Crippen LogP contribution in [0.5, 0.6) is 5.75 Å². The Kier molecular flexibility index (Phi) is 3.58. The highest BCUT2D eigenvalue weighted by atomic mass is 16.6. The second-order valence-electron chi connectivity index (χ2n) is 3.65. The van der Waals surface area contributed by atoms with Crippen LogP contribution in [-0.4, -0.2) is 21.4 Å². The number of phenolic OH excluding ortho intramolecular Hbond substituents is 1. The van der Waals surface area contributed by atoms with Gasteiger partial charge in [0.2, 0.25) is 0 Å². The van der Waals surface area contributed by atoms with Gasteiger partial charge in [0.15, 0.2) is 0 Å². The molecule has 7 heteroatoms. The molecule has 19 heavy (non-hydrogen) atoms.